The van der Waals surface area contributed by atoms with Crippen molar-refractivity contribution < 1.29 is 22.8 Å². The van der Waals surface area contributed by atoms with E-state index in [1.54, 1.807) is 0 Å². The van der Waals surface area contributed by atoms with Crippen LogP contribution in [0.15, 0.2) is 23.1 Å². The van der Waals surface area contributed by atoms with Crippen LogP contribution in [0.2, 0.25) is 0 Å². The smallest absolute Gasteiger partial charge is 0.347 e. The summed E-state index contributed by atoms with van der Waals surface area (Å²) in [4.78, 5) is 25.9. The Morgan fingerprint density at radius 3 is 2.42 bits per heavy atom. The molecular formula is C10H5ClN2NaO4S. The summed E-state index contributed by atoms with van der Waals surface area (Å²) >= 11 is 0. The molecule has 2 rings (SSSR count). The topological polar surface area (TPSA) is 105 Å². The first-order chi connectivity index (χ1) is 8.36. The molecule has 0 saturated heterocycles. The van der Waals surface area contributed by atoms with Crippen molar-refractivity contribution in [1.29, 1.82) is 0 Å². The van der Waals surface area contributed by atoms with Crippen LogP contribution >= 0.6 is 10.7 Å². The number of rotatable bonds is 1. The van der Waals surface area contributed by atoms with E-state index in [0.29, 0.717) is 0 Å². The van der Waals surface area contributed by atoms with Gasteiger partial charge in [0, 0.05) is 51.4 Å². The third-order valence-corrected chi connectivity index (χ3v) is 3.89. The second-order valence-corrected chi connectivity index (χ2v) is 6.13. The summed E-state index contributed by atoms with van der Waals surface area (Å²) in [6.07, 6.45) is -0.453. The fourth-order valence-corrected chi connectivity index (χ4v) is 2.86. The minimum atomic E-state index is -4.13. The van der Waals surface area contributed by atoms with Crippen molar-refractivity contribution >= 4 is 66.6 Å². The molecule has 0 bridgehead atoms. The standard InChI is InChI=1S/C10H5ClN2O4S.Na/c11-18(16,17)8-3-1-2-5-9(8)7(14)4-6(13-12)10(5)15;/h1-3H,4H2;. The van der Waals surface area contributed by atoms with Crippen LogP contribution in [-0.2, 0) is 9.05 Å². The maximum Gasteiger partial charge on any atom is 0.347 e. The third-order valence-electron chi connectivity index (χ3n) is 2.52. The molecule has 1 aromatic rings. The van der Waals surface area contributed by atoms with Crippen LogP contribution in [-0.4, -0.2) is 60.0 Å². The minimum absolute atomic E-state index is 0. The molecule has 9 heteroatoms. The summed E-state index contributed by atoms with van der Waals surface area (Å²) in [7, 11) is 1.08. The Morgan fingerprint density at radius 1 is 1.26 bits per heavy atom. The van der Waals surface area contributed by atoms with E-state index >= 15 is 0 Å². The molecule has 0 saturated carbocycles. The van der Waals surface area contributed by atoms with Gasteiger partial charge in [-0.05, 0) is 12.1 Å². The zero-order chi connectivity index (χ0) is 13.5. The van der Waals surface area contributed by atoms with Gasteiger partial charge in [-0.15, -0.1) is 0 Å². The molecule has 1 aliphatic rings. The van der Waals surface area contributed by atoms with Crippen molar-refractivity contribution in [2.45, 2.75) is 11.3 Å². The van der Waals surface area contributed by atoms with E-state index in [0.717, 1.165) is 6.07 Å². The SMILES string of the molecule is [N-]=[N+]=C1CC(=O)c2c(cccc2S(=O)(=O)Cl)C1=O.[Na]. The number of hydrogen-bond acceptors (Lipinski definition) is 4. The number of hydrogen-bond donors (Lipinski definition) is 0. The Labute approximate surface area is 135 Å². The zero-order valence-corrected chi connectivity index (χ0v) is 13.3. The molecule has 0 amide bonds. The third kappa shape index (κ3) is 2.86. The monoisotopic (exact) mass is 307 g/mol. The first-order valence-electron chi connectivity index (χ1n) is 4.72. The number of halogens is 1. The van der Waals surface area contributed by atoms with E-state index in [2.05, 4.69) is 4.79 Å². The molecule has 93 valence electrons. The maximum atomic E-state index is 11.8. The molecule has 0 aromatic heterocycles. The molecule has 0 atom stereocenters. The summed E-state index contributed by atoms with van der Waals surface area (Å²) in [5, 5.41) is 0. The van der Waals surface area contributed by atoms with Gasteiger partial charge in [0.05, 0.1) is 4.90 Å². The largest absolute Gasteiger partial charge is 0.361 e. The average Bonchev–Trinajstić information content (AvgIpc) is 2.31. The van der Waals surface area contributed by atoms with Crippen molar-refractivity contribution in [2.75, 3.05) is 0 Å². The van der Waals surface area contributed by atoms with Crippen molar-refractivity contribution in [3.63, 3.8) is 0 Å². The van der Waals surface area contributed by atoms with Crippen LogP contribution in [0.5, 0.6) is 0 Å². The number of ketones is 2. The fraction of sp³-hybridized carbons (Fsp3) is 0.100. The zero-order valence-electron chi connectivity index (χ0n) is 9.75. The van der Waals surface area contributed by atoms with E-state index in [-0.39, 0.29) is 46.4 Å². The van der Waals surface area contributed by atoms with Gasteiger partial charge < -0.3 is 5.53 Å². The van der Waals surface area contributed by atoms with Gasteiger partial charge in [-0.25, -0.2) is 8.42 Å². The van der Waals surface area contributed by atoms with Gasteiger partial charge in [0.1, 0.15) is 6.42 Å². The molecule has 0 unspecified atom stereocenters. The first kappa shape index (κ1) is 16.2. The molecule has 6 nitrogen and oxygen atoms in total. The van der Waals surface area contributed by atoms with E-state index < -0.39 is 31.9 Å². The normalized spacial score (nSPS) is 14.5. The van der Waals surface area contributed by atoms with Crippen molar-refractivity contribution in [3.05, 3.63) is 34.9 Å². The van der Waals surface area contributed by atoms with Crippen LogP contribution in [0.4, 0.5) is 0 Å². The summed E-state index contributed by atoms with van der Waals surface area (Å²) in [6.45, 7) is 0. The molecule has 1 aliphatic carbocycles. The van der Waals surface area contributed by atoms with Gasteiger partial charge in [-0.2, -0.15) is 4.79 Å². The summed E-state index contributed by atoms with van der Waals surface area (Å²) in [5.41, 5.74) is 7.91. The summed E-state index contributed by atoms with van der Waals surface area (Å²) < 4.78 is 22.7. The van der Waals surface area contributed by atoms with E-state index in [1.165, 1.54) is 12.1 Å². The first-order valence-corrected chi connectivity index (χ1v) is 7.03. The van der Waals surface area contributed by atoms with Gasteiger partial charge in [-0.1, -0.05) is 6.07 Å². The second-order valence-electron chi connectivity index (χ2n) is 3.59. The number of Topliss-reactive ketones (excluding diaryl/α,β-unsaturated/α-hetero) is 2. The van der Waals surface area contributed by atoms with Gasteiger partial charge in [-0.3, -0.25) is 9.59 Å². The van der Waals surface area contributed by atoms with Gasteiger partial charge in [0.25, 0.3) is 14.8 Å². The molecule has 0 heterocycles. The van der Waals surface area contributed by atoms with Crippen LogP contribution < -0.4 is 0 Å². The molecular weight excluding hydrogens is 303 g/mol. The Balaban J connectivity index is 0.00000180. The van der Waals surface area contributed by atoms with Gasteiger partial charge in [0.15, 0.2) is 5.78 Å². The minimum Gasteiger partial charge on any atom is -0.361 e. The van der Waals surface area contributed by atoms with Crippen LogP contribution in [0, 0.1) is 0 Å². The molecule has 19 heavy (non-hydrogen) atoms. The fourth-order valence-electron chi connectivity index (χ4n) is 1.77. The predicted molar refractivity (Wildman–Crippen MR) is 67.1 cm³/mol. The number of carbonyl (C=O) groups is 2. The van der Waals surface area contributed by atoms with Crippen molar-refractivity contribution in [3.8, 4) is 0 Å². The van der Waals surface area contributed by atoms with Crippen LogP contribution in [0.25, 0.3) is 5.53 Å². The Bertz CT molecular complexity index is 738. The van der Waals surface area contributed by atoms with Crippen molar-refractivity contribution in [1.82, 2.24) is 0 Å². The average molecular weight is 308 g/mol. The quantitative estimate of drug-likeness (QED) is 0.329. The molecule has 1 radical (unpaired) electrons. The van der Waals surface area contributed by atoms with E-state index in [1.807, 2.05) is 0 Å². The van der Waals surface area contributed by atoms with Gasteiger partial charge in [0.2, 0.25) is 0 Å². The molecule has 0 aliphatic heterocycles. The van der Waals surface area contributed by atoms with Crippen LogP contribution in [0.1, 0.15) is 27.1 Å². The summed E-state index contributed by atoms with van der Waals surface area (Å²) in [6, 6.07) is 3.72. The van der Waals surface area contributed by atoms with Crippen LogP contribution in [0.3, 0.4) is 0 Å². The van der Waals surface area contributed by atoms with E-state index in [4.69, 9.17) is 16.2 Å². The number of benzene rings is 1. The number of carbonyl (C=O) groups excluding carboxylic acids is 2. The molecule has 0 fully saturated rings. The number of nitrogens with zero attached hydrogens (tertiary/aromatic N) is 2. The molecule has 0 spiro atoms. The van der Waals surface area contributed by atoms with E-state index in [9.17, 15) is 18.0 Å². The van der Waals surface area contributed by atoms with Gasteiger partial charge >= 0.3 is 5.71 Å². The molecule has 1 aromatic carbocycles. The number of fused-ring (bicyclic) bond motifs is 1. The second kappa shape index (κ2) is 5.66. The molecule has 0 N–H and O–H groups in total. The predicted octanol–water partition coefficient (Wildman–Crippen LogP) is 0.673. The Hall–Kier alpha value is -0.820. The Kier molecular flexibility index (Phi) is 4.84. The summed E-state index contributed by atoms with van der Waals surface area (Å²) in [5.74, 6) is -1.31. The maximum absolute atomic E-state index is 11.8. The Morgan fingerprint density at radius 2 is 1.89 bits per heavy atom. The van der Waals surface area contributed by atoms with Crippen molar-refractivity contribution in [2.24, 2.45) is 0 Å².